The van der Waals surface area contributed by atoms with Gasteiger partial charge in [-0.1, -0.05) is 41.7 Å². The predicted molar refractivity (Wildman–Crippen MR) is 98.6 cm³/mol. The molecule has 0 fully saturated rings. The van der Waals surface area contributed by atoms with E-state index in [4.69, 9.17) is 0 Å². The van der Waals surface area contributed by atoms with Crippen LogP contribution in [-0.2, 0) is 17.6 Å². The normalized spacial score (nSPS) is 13.4. The van der Waals surface area contributed by atoms with Crippen molar-refractivity contribution >= 4 is 45.2 Å². The Morgan fingerprint density at radius 1 is 1.39 bits per heavy atom. The van der Waals surface area contributed by atoms with Crippen molar-refractivity contribution in [3.05, 3.63) is 41.2 Å². The molecule has 0 saturated heterocycles. The molecule has 1 aromatic heterocycles. The van der Waals surface area contributed by atoms with Gasteiger partial charge < -0.3 is 5.32 Å². The van der Waals surface area contributed by atoms with Gasteiger partial charge in [-0.2, -0.15) is 5.10 Å². The molecule has 0 saturated carbocycles. The van der Waals surface area contributed by atoms with Crippen LogP contribution in [0.2, 0.25) is 0 Å². The van der Waals surface area contributed by atoms with Crippen molar-refractivity contribution in [3.8, 4) is 0 Å². The molecule has 0 atom stereocenters. The molecule has 1 aliphatic rings. The van der Waals surface area contributed by atoms with Crippen LogP contribution >= 0.6 is 23.5 Å². The fourth-order valence-corrected chi connectivity index (χ4v) is 4.21. The molecule has 0 spiro atoms. The molecular formula is C16H18N4OS2. The fraction of sp³-hybridized carbons (Fsp3) is 0.312. The quantitative estimate of drug-likeness (QED) is 0.922. The zero-order valence-corrected chi connectivity index (χ0v) is 14.9. The van der Waals surface area contributed by atoms with Gasteiger partial charge in [0.05, 0.1) is 28.5 Å². The Balaban J connectivity index is 1.61. The number of hydrogen-bond donors (Lipinski definition) is 1. The average Bonchev–Trinajstić information content (AvgIpc) is 2.79. The van der Waals surface area contributed by atoms with Crippen molar-refractivity contribution in [1.29, 1.82) is 0 Å². The van der Waals surface area contributed by atoms with Crippen LogP contribution < -0.4 is 5.32 Å². The van der Waals surface area contributed by atoms with Gasteiger partial charge in [-0.25, -0.2) is 4.99 Å². The number of fused-ring (bicyclic) bond motifs is 1. The third-order valence-electron chi connectivity index (χ3n) is 3.65. The summed E-state index contributed by atoms with van der Waals surface area (Å²) in [6.07, 6.45) is 0. The Bertz CT molecular complexity index is 782. The number of anilines is 1. The molecule has 0 bridgehead atoms. The van der Waals surface area contributed by atoms with Gasteiger partial charge in [0, 0.05) is 12.8 Å². The minimum absolute atomic E-state index is 0.0311. The van der Waals surface area contributed by atoms with Gasteiger partial charge in [-0.05, 0) is 25.5 Å². The highest BCUT2D eigenvalue weighted by molar-refractivity contribution is 8.38. The number of carbonyl (C=O) groups excluding carboxylic acids is 1. The lowest BCUT2D eigenvalue weighted by Gasteiger charge is -2.14. The van der Waals surface area contributed by atoms with Crippen molar-refractivity contribution in [2.75, 3.05) is 11.1 Å². The summed E-state index contributed by atoms with van der Waals surface area (Å²) in [6, 6.07) is 8.12. The minimum Gasteiger partial charge on any atom is -0.322 e. The molecule has 2 aromatic rings. The second-order valence-electron chi connectivity index (χ2n) is 5.30. The van der Waals surface area contributed by atoms with Crippen LogP contribution in [0.1, 0.15) is 17.0 Å². The minimum atomic E-state index is -0.0311. The van der Waals surface area contributed by atoms with E-state index in [0.717, 1.165) is 32.9 Å². The SMILES string of the molecule is Cc1nn(C)c(C)c1NC(=O)CSC1=Nc2ccccc2CS1. The van der Waals surface area contributed by atoms with E-state index in [1.807, 2.05) is 39.1 Å². The number of thioether (sulfide) groups is 2. The maximum Gasteiger partial charge on any atom is 0.234 e. The first-order chi connectivity index (χ1) is 11.0. The number of rotatable bonds is 3. The molecule has 1 amide bonds. The molecule has 0 unspecified atom stereocenters. The summed E-state index contributed by atoms with van der Waals surface area (Å²) in [5, 5.41) is 7.26. The Hall–Kier alpha value is -1.73. The lowest BCUT2D eigenvalue weighted by atomic mass is 10.2. The van der Waals surface area contributed by atoms with E-state index >= 15 is 0 Å². The molecule has 0 aliphatic carbocycles. The summed E-state index contributed by atoms with van der Waals surface area (Å²) in [7, 11) is 1.87. The van der Waals surface area contributed by atoms with Gasteiger partial charge in [0.2, 0.25) is 5.91 Å². The monoisotopic (exact) mass is 346 g/mol. The summed E-state index contributed by atoms with van der Waals surface area (Å²) in [5.74, 6) is 1.23. The Morgan fingerprint density at radius 2 is 2.17 bits per heavy atom. The largest absolute Gasteiger partial charge is 0.322 e. The molecule has 1 aromatic carbocycles. The van der Waals surface area contributed by atoms with Crippen LogP contribution in [0.15, 0.2) is 29.3 Å². The maximum absolute atomic E-state index is 12.2. The van der Waals surface area contributed by atoms with Gasteiger partial charge >= 0.3 is 0 Å². The molecular weight excluding hydrogens is 328 g/mol. The van der Waals surface area contributed by atoms with Crippen LogP contribution in [0.25, 0.3) is 0 Å². The number of aliphatic imine (C=N–C) groups is 1. The molecule has 1 aliphatic heterocycles. The van der Waals surface area contributed by atoms with Gasteiger partial charge in [-0.15, -0.1) is 0 Å². The van der Waals surface area contributed by atoms with E-state index in [9.17, 15) is 4.79 Å². The number of amides is 1. The molecule has 120 valence electrons. The third kappa shape index (κ3) is 3.61. The van der Waals surface area contributed by atoms with Crippen LogP contribution in [0.3, 0.4) is 0 Å². The first kappa shape index (κ1) is 16.1. The fourth-order valence-electron chi connectivity index (χ4n) is 2.34. The highest BCUT2D eigenvalue weighted by Gasteiger charge is 2.16. The molecule has 2 heterocycles. The Morgan fingerprint density at radius 3 is 2.91 bits per heavy atom. The highest BCUT2D eigenvalue weighted by atomic mass is 32.2. The smallest absolute Gasteiger partial charge is 0.234 e. The average molecular weight is 346 g/mol. The second kappa shape index (κ2) is 6.80. The highest BCUT2D eigenvalue weighted by Crippen LogP contribution is 2.34. The summed E-state index contributed by atoms with van der Waals surface area (Å²) >= 11 is 3.16. The van der Waals surface area contributed by atoms with E-state index in [2.05, 4.69) is 21.5 Å². The van der Waals surface area contributed by atoms with Gasteiger partial charge in [0.1, 0.15) is 4.38 Å². The summed E-state index contributed by atoms with van der Waals surface area (Å²) in [6.45, 7) is 3.84. The van der Waals surface area contributed by atoms with Crippen molar-refractivity contribution in [1.82, 2.24) is 9.78 Å². The first-order valence-corrected chi connectivity index (χ1v) is 9.24. The van der Waals surface area contributed by atoms with E-state index in [-0.39, 0.29) is 5.91 Å². The Labute approximate surface area is 143 Å². The molecule has 5 nitrogen and oxygen atoms in total. The van der Waals surface area contributed by atoms with Crippen LogP contribution in [0, 0.1) is 13.8 Å². The van der Waals surface area contributed by atoms with Gasteiger partial charge in [-0.3, -0.25) is 9.48 Å². The maximum atomic E-state index is 12.2. The standard InChI is InChI=1S/C16H18N4OS2/c1-10-15(11(2)20(3)19-10)18-14(21)9-23-16-17-13-7-5-4-6-12(13)8-22-16/h4-7H,8-9H2,1-3H3,(H,18,21). The van der Waals surface area contributed by atoms with E-state index in [1.165, 1.54) is 17.3 Å². The number of aromatic nitrogens is 2. The number of carbonyl (C=O) groups is 1. The topological polar surface area (TPSA) is 59.3 Å². The molecule has 7 heteroatoms. The van der Waals surface area contributed by atoms with Crippen molar-refractivity contribution in [3.63, 3.8) is 0 Å². The predicted octanol–water partition coefficient (Wildman–Crippen LogP) is 3.64. The molecule has 23 heavy (non-hydrogen) atoms. The van der Waals surface area contributed by atoms with Crippen molar-refractivity contribution < 1.29 is 4.79 Å². The lowest BCUT2D eigenvalue weighted by Crippen LogP contribution is -2.16. The lowest BCUT2D eigenvalue weighted by molar-refractivity contribution is -0.113. The number of benzene rings is 1. The van der Waals surface area contributed by atoms with Crippen LogP contribution in [-0.4, -0.2) is 25.8 Å². The molecule has 0 radical (unpaired) electrons. The van der Waals surface area contributed by atoms with Gasteiger partial charge in [0.25, 0.3) is 0 Å². The van der Waals surface area contributed by atoms with E-state index in [0.29, 0.717) is 5.75 Å². The zero-order chi connectivity index (χ0) is 16.4. The van der Waals surface area contributed by atoms with Crippen molar-refractivity contribution in [2.24, 2.45) is 12.0 Å². The molecule has 3 rings (SSSR count). The summed E-state index contributed by atoms with van der Waals surface area (Å²) in [5.41, 5.74) is 4.85. The summed E-state index contributed by atoms with van der Waals surface area (Å²) in [4.78, 5) is 16.8. The van der Waals surface area contributed by atoms with Crippen molar-refractivity contribution in [2.45, 2.75) is 19.6 Å². The number of nitrogens with one attached hydrogen (secondary N) is 1. The van der Waals surface area contributed by atoms with E-state index in [1.54, 1.807) is 16.4 Å². The third-order valence-corrected chi connectivity index (χ3v) is 5.90. The second-order valence-corrected chi connectivity index (χ2v) is 7.49. The molecule has 1 N–H and O–H groups in total. The zero-order valence-electron chi connectivity index (χ0n) is 13.3. The van der Waals surface area contributed by atoms with Gasteiger partial charge in [0.15, 0.2) is 0 Å². The first-order valence-electron chi connectivity index (χ1n) is 7.27. The Kier molecular flexibility index (Phi) is 4.77. The number of nitrogens with zero attached hydrogens (tertiary/aromatic N) is 3. The van der Waals surface area contributed by atoms with E-state index < -0.39 is 0 Å². The van der Waals surface area contributed by atoms with Crippen LogP contribution in [0.4, 0.5) is 11.4 Å². The summed E-state index contributed by atoms with van der Waals surface area (Å²) < 4.78 is 2.72. The number of para-hydroxylation sites is 1. The number of hydrogen-bond acceptors (Lipinski definition) is 5. The number of aryl methyl sites for hydroxylation is 2. The van der Waals surface area contributed by atoms with Crippen LogP contribution in [0.5, 0.6) is 0 Å².